The lowest BCUT2D eigenvalue weighted by Gasteiger charge is -2.43. The van der Waals surface area contributed by atoms with Crippen molar-refractivity contribution < 1.29 is 9.59 Å². The lowest BCUT2D eigenvalue weighted by molar-refractivity contribution is -0.129. The largest absolute Gasteiger partial charge is 0.334 e. The number of hydrogen-bond acceptors (Lipinski definition) is 4. The van der Waals surface area contributed by atoms with Crippen molar-refractivity contribution in [1.29, 1.82) is 0 Å². The van der Waals surface area contributed by atoms with E-state index in [1.165, 1.54) is 0 Å². The van der Waals surface area contributed by atoms with Crippen LogP contribution in [0.25, 0.3) is 22.2 Å². The minimum absolute atomic E-state index is 0.00630. The number of aromatic nitrogens is 3. The van der Waals surface area contributed by atoms with Gasteiger partial charge < -0.3 is 4.90 Å². The van der Waals surface area contributed by atoms with Crippen molar-refractivity contribution in [2.75, 3.05) is 6.54 Å². The minimum Gasteiger partial charge on any atom is -0.334 e. The van der Waals surface area contributed by atoms with Crippen LogP contribution in [0.4, 0.5) is 0 Å². The van der Waals surface area contributed by atoms with Gasteiger partial charge in [0.05, 0.1) is 23.0 Å². The van der Waals surface area contributed by atoms with Crippen LogP contribution in [-0.4, -0.2) is 43.9 Å². The number of benzene rings is 1. The van der Waals surface area contributed by atoms with Crippen molar-refractivity contribution in [2.24, 2.45) is 5.92 Å². The number of ketones is 1. The second-order valence-corrected chi connectivity index (χ2v) is 8.33. The summed E-state index contributed by atoms with van der Waals surface area (Å²) in [5, 5.41) is 5.22. The molecule has 3 heterocycles. The summed E-state index contributed by atoms with van der Waals surface area (Å²) in [4.78, 5) is 33.0. The van der Waals surface area contributed by atoms with E-state index in [9.17, 15) is 9.59 Å². The lowest BCUT2D eigenvalue weighted by atomic mass is 9.77. The molecule has 1 aromatic carbocycles. The quantitative estimate of drug-likeness (QED) is 0.662. The first-order valence-corrected chi connectivity index (χ1v) is 10.9. The predicted octanol–water partition coefficient (Wildman–Crippen LogP) is 4.09. The molecule has 6 heteroatoms. The van der Waals surface area contributed by atoms with Crippen LogP contribution < -0.4 is 0 Å². The molecule has 0 radical (unpaired) electrons. The molecular formula is C24H26N4O2. The van der Waals surface area contributed by atoms with Gasteiger partial charge in [0.25, 0.3) is 5.91 Å². The summed E-state index contributed by atoms with van der Waals surface area (Å²) < 4.78 is 1.86. The van der Waals surface area contributed by atoms with E-state index in [0.29, 0.717) is 24.3 Å². The summed E-state index contributed by atoms with van der Waals surface area (Å²) in [5.41, 5.74) is 3.13. The maximum absolute atomic E-state index is 13.8. The number of carbonyl (C=O) groups excluding carboxylic acids is 2. The molecular weight excluding hydrogens is 376 g/mol. The number of rotatable bonds is 3. The molecule has 0 bridgehead atoms. The van der Waals surface area contributed by atoms with Gasteiger partial charge in [-0.25, -0.2) is 4.98 Å². The number of aryl methyl sites for hydroxylation is 1. The molecule has 154 valence electrons. The summed E-state index contributed by atoms with van der Waals surface area (Å²) in [7, 11) is 0. The Morgan fingerprint density at radius 3 is 2.87 bits per heavy atom. The average Bonchev–Trinajstić information content (AvgIpc) is 3.28. The number of hydrogen-bond donors (Lipinski definition) is 0. The minimum atomic E-state index is 0.00630. The molecule has 0 spiro atoms. The molecule has 2 aliphatic rings. The Labute approximate surface area is 175 Å². The van der Waals surface area contributed by atoms with E-state index in [2.05, 4.69) is 5.10 Å². The van der Waals surface area contributed by atoms with Crippen LogP contribution in [0.1, 0.15) is 49.4 Å². The third-order valence-corrected chi connectivity index (χ3v) is 6.60. The highest BCUT2D eigenvalue weighted by Crippen LogP contribution is 2.35. The third kappa shape index (κ3) is 3.20. The fourth-order valence-electron chi connectivity index (χ4n) is 5.02. The average molecular weight is 402 g/mol. The maximum Gasteiger partial charge on any atom is 0.254 e. The Morgan fingerprint density at radius 2 is 2.03 bits per heavy atom. The Balaban J connectivity index is 1.58. The number of amides is 1. The Morgan fingerprint density at radius 1 is 1.20 bits per heavy atom. The van der Waals surface area contributed by atoms with E-state index in [1.807, 2.05) is 53.0 Å². The zero-order chi connectivity index (χ0) is 20.7. The second-order valence-electron chi connectivity index (χ2n) is 8.33. The lowest BCUT2D eigenvalue weighted by Crippen LogP contribution is -2.53. The zero-order valence-corrected chi connectivity index (χ0v) is 17.3. The number of nitrogens with zero attached hydrogens (tertiary/aromatic N) is 4. The first-order chi connectivity index (χ1) is 14.7. The fourth-order valence-corrected chi connectivity index (χ4v) is 5.02. The topological polar surface area (TPSA) is 68.1 Å². The summed E-state index contributed by atoms with van der Waals surface area (Å²) in [6, 6.07) is 9.73. The first kappa shape index (κ1) is 19.0. The van der Waals surface area contributed by atoms with Crippen molar-refractivity contribution in [1.82, 2.24) is 19.7 Å². The van der Waals surface area contributed by atoms with Crippen LogP contribution in [0.5, 0.6) is 0 Å². The van der Waals surface area contributed by atoms with Crippen LogP contribution in [0.15, 0.2) is 42.7 Å². The van der Waals surface area contributed by atoms with E-state index < -0.39 is 0 Å². The van der Waals surface area contributed by atoms with Crippen LogP contribution in [0, 0.1) is 5.92 Å². The van der Waals surface area contributed by atoms with Gasteiger partial charge in [0.15, 0.2) is 0 Å². The van der Waals surface area contributed by atoms with Crippen LogP contribution in [0.2, 0.25) is 0 Å². The summed E-state index contributed by atoms with van der Waals surface area (Å²) in [6.45, 7) is 3.33. The van der Waals surface area contributed by atoms with Gasteiger partial charge in [-0.1, -0.05) is 31.0 Å². The highest BCUT2D eigenvalue weighted by molar-refractivity contribution is 6.07. The van der Waals surface area contributed by atoms with Crippen molar-refractivity contribution in [2.45, 2.75) is 51.6 Å². The van der Waals surface area contributed by atoms with Gasteiger partial charge >= 0.3 is 0 Å². The monoisotopic (exact) mass is 402 g/mol. The summed E-state index contributed by atoms with van der Waals surface area (Å²) in [5.74, 6) is 0.352. The number of para-hydroxylation sites is 1. The van der Waals surface area contributed by atoms with Crippen molar-refractivity contribution >= 4 is 22.6 Å². The molecule has 6 nitrogen and oxygen atoms in total. The molecule has 1 aliphatic heterocycles. The van der Waals surface area contributed by atoms with E-state index in [1.54, 1.807) is 6.20 Å². The van der Waals surface area contributed by atoms with Gasteiger partial charge in [-0.15, -0.1) is 0 Å². The third-order valence-electron chi connectivity index (χ3n) is 6.60. The van der Waals surface area contributed by atoms with Gasteiger partial charge in [-0.3, -0.25) is 14.3 Å². The number of pyridine rings is 1. The van der Waals surface area contributed by atoms with Crippen LogP contribution in [0.3, 0.4) is 0 Å². The van der Waals surface area contributed by atoms with Crippen molar-refractivity contribution in [3.05, 3.63) is 48.3 Å². The van der Waals surface area contributed by atoms with E-state index >= 15 is 0 Å². The molecule has 5 rings (SSSR count). The molecule has 30 heavy (non-hydrogen) atoms. The molecule has 1 saturated heterocycles. The molecule has 0 unspecified atom stereocenters. The van der Waals surface area contributed by atoms with Gasteiger partial charge in [0.1, 0.15) is 5.78 Å². The molecule has 1 saturated carbocycles. The SMILES string of the molecule is CCn1cc(-c2cc(C(=O)N3CCC(=O)[C@H]4CCCC[C@@H]43)c3ccccc3n2)cn1. The van der Waals surface area contributed by atoms with E-state index in [-0.39, 0.29) is 17.9 Å². The summed E-state index contributed by atoms with van der Waals surface area (Å²) >= 11 is 0. The molecule has 3 aromatic rings. The van der Waals surface area contributed by atoms with Gasteiger partial charge in [-0.2, -0.15) is 5.10 Å². The fraction of sp³-hybridized carbons (Fsp3) is 0.417. The maximum atomic E-state index is 13.8. The van der Waals surface area contributed by atoms with Crippen molar-refractivity contribution in [3.63, 3.8) is 0 Å². The molecule has 2 aromatic heterocycles. The second kappa shape index (κ2) is 7.67. The number of fused-ring (bicyclic) bond motifs is 2. The van der Waals surface area contributed by atoms with E-state index in [0.717, 1.165) is 54.4 Å². The molecule has 2 atom stereocenters. The highest BCUT2D eigenvalue weighted by Gasteiger charge is 2.41. The summed E-state index contributed by atoms with van der Waals surface area (Å²) in [6.07, 6.45) is 8.21. The normalized spacial score (nSPS) is 21.6. The Kier molecular flexibility index (Phi) is 4.85. The van der Waals surface area contributed by atoms with Crippen molar-refractivity contribution in [3.8, 4) is 11.3 Å². The molecule has 1 aliphatic carbocycles. The van der Waals surface area contributed by atoms with Crippen LogP contribution >= 0.6 is 0 Å². The van der Waals surface area contributed by atoms with E-state index in [4.69, 9.17) is 4.98 Å². The Bertz CT molecular complexity index is 1120. The smallest absolute Gasteiger partial charge is 0.254 e. The zero-order valence-electron chi connectivity index (χ0n) is 17.3. The van der Waals surface area contributed by atoms with Gasteiger partial charge in [0, 0.05) is 48.6 Å². The molecule has 2 fully saturated rings. The number of Topliss-reactive ketones (excluding diaryl/α,β-unsaturated/α-hetero) is 1. The Hall–Kier alpha value is -3.02. The predicted molar refractivity (Wildman–Crippen MR) is 115 cm³/mol. The van der Waals surface area contributed by atoms with Gasteiger partial charge in [-0.05, 0) is 31.9 Å². The number of piperidine rings is 1. The molecule has 0 N–H and O–H groups in total. The number of carbonyl (C=O) groups is 2. The standard InChI is InChI=1S/C24H26N4O2/c1-2-27-15-16(14-25-27)21-13-19(17-7-3-5-9-20(17)26-21)24(30)28-12-11-23(29)18-8-4-6-10-22(18)28/h3,5,7,9,13-15,18,22H,2,4,6,8,10-12H2,1H3/t18-,22-/m0/s1. The highest BCUT2D eigenvalue weighted by atomic mass is 16.2. The first-order valence-electron chi connectivity index (χ1n) is 10.9. The van der Waals surface area contributed by atoms with Crippen LogP contribution in [-0.2, 0) is 11.3 Å². The van der Waals surface area contributed by atoms with Gasteiger partial charge in [0.2, 0.25) is 0 Å². The molecule has 1 amide bonds. The number of likely N-dealkylation sites (tertiary alicyclic amines) is 1.